The molecular formula is C19H27N5O. The minimum absolute atomic E-state index is 0.0165. The van der Waals surface area contributed by atoms with Crippen molar-refractivity contribution in [2.75, 3.05) is 6.54 Å². The molecule has 1 N–H and O–H groups in total. The molecule has 2 heterocycles. The van der Waals surface area contributed by atoms with Gasteiger partial charge >= 0.3 is 6.03 Å². The van der Waals surface area contributed by atoms with E-state index in [9.17, 15) is 4.79 Å². The lowest BCUT2D eigenvalue weighted by molar-refractivity contribution is 0.191. The second-order valence-electron chi connectivity index (χ2n) is 6.88. The Bertz CT molecular complexity index is 710. The minimum atomic E-state index is -0.0165. The molecule has 134 valence electrons. The zero-order chi connectivity index (χ0) is 17.8. The predicted molar refractivity (Wildman–Crippen MR) is 97.3 cm³/mol. The van der Waals surface area contributed by atoms with Gasteiger partial charge in [-0.1, -0.05) is 6.07 Å². The van der Waals surface area contributed by atoms with Crippen LogP contribution in [-0.2, 0) is 19.4 Å². The Morgan fingerprint density at radius 2 is 2.28 bits per heavy atom. The van der Waals surface area contributed by atoms with E-state index in [2.05, 4.69) is 33.9 Å². The molecular weight excluding hydrogens is 314 g/mol. The zero-order valence-electron chi connectivity index (χ0n) is 15.3. The van der Waals surface area contributed by atoms with Crippen molar-refractivity contribution in [3.63, 3.8) is 0 Å². The SMILES string of the molecule is CCN(Cc1ccccn1)C(=O)NC1CCc2cnn(C(C)C)c2C1. The molecule has 2 amide bonds. The van der Waals surface area contributed by atoms with E-state index in [0.29, 0.717) is 19.1 Å². The van der Waals surface area contributed by atoms with Gasteiger partial charge in [-0.15, -0.1) is 0 Å². The third-order valence-corrected chi connectivity index (χ3v) is 4.75. The van der Waals surface area contributed by atoms with Gasteiger partial charge in [0.25, 0.3) is 0 Å². The molecule has 0 aromatic carbocycles. The van der Waals surface area contributed by atoms with E-state index >= 15 is 0 Å². The molecule has 1 atom stereocenters. The van der Waals surface area contributed by atoms with Gasteiger partial charge in [0.2, 0.25) is 0 Å². The van der Waals surface area contributed by atoms with Crippen LogP contribution in [0.5, 0.6) is 0 Å². The van der Waals surface area contributed by atoms with Gasteiger partial charge in [-0.2, -0.15) is 5.10 Å². The van der Waals surface area contributed by atoms with Crippen molar-refractivity contribution in [3.05, 3.63) is 47.5 Å². The number of amides is 2. The van der Waals surface area contributed by atoms with Crippen molar-refractivity contribution in [2.24, 2.45) is 0 Å². The number of hydrogen-bond donors (Lipinski definition) is 1. The summed E-state index contributed by atoms with van der Waals surface area (Å²) in [6.45, 7) is 7.47. The van der Waals surface area contributed by atoms with Crippen LogP contribution in [0.2, 0.25) is 0 Å². The summed E-state index contributed by atoms with van der Waals surface area (Å²) in [6, 6.07) is 6.27. The van der Waals surface area contributed by atoms with Crippen molar-refractivity contribution in [1.29, 1.82) is 0 Å². The first-order valence-corrected chi connectivity index (χ1v) is 9.09. The standard InChI is InChI=1S/C19H27N5O/c1-4-23(13-17-7-5-6-10-20-17)19(25)22-16-9-8-15-12-21-24(14(2)3)18(15)11-16/h5-7,10,12,14,16H,4,8-9,11,13H2,1-3H3,(H,22,25). The van der Waals surface area contributed by atoms with Crippen LogP contribution in [0.25, 0.3) is 0 Å². The summed E-state index contributed by atoms with van der Waals surface area (Å²) in [5, 5.41) is 7.71. The molecule has 1 unspecified atom stereocenters. The molecule has 2 aromatic heterocycles. The molecule has 6 nitrogen and oxygen atoms in total. The second-order valence-corrected chi connectivity index (χ2v) is 6.88. The van der Waals surface area contributed by atoms with Gasteiger partial charge in [0.05, 0.1) is 18.4 Å². The topological polar surface area (TPSA) is 63.1 Å². The number of aryl methyl sites for hydroxylation is 1. The molecule has 2 aromatic rings. The van der Waals surface area contributed by atoms with Gasteiger partial charge in [-0.3, -0.25) is 9.67 Å². The molecule has 0 aliphatic heterocycles. The number of aromatic nitrogens is 3. The molecule has 1 aliphatic carbocycles. The Morgan fingerprint density at radius 3 is 2.96 bits per heavy atom. The van der Waals surface area contributed by atoms with E-state index in [1.807, 2.05) is 31.3 Å². The Balaban J connectivity index is 1.63. The average molecular weight is 341 g/mol. The quantitative estimate of drug-likeness (QED) is 0.909. The lowest BCUT2D eigenvalue weighted by Gasteiger charge is -2.28. The van der Waals surface area contributed by atoms with Crippen LogP contribution in [0.15, 0.2) is 30.6 Å². The summed E-state index contributed by atoms with van der Waals surface area (Å²) in [5.41, 5.74) is 3.49. The van der Waals surface area contributed by atoms with E-state index in [0.717, 1.165) is 25.0 Å². The van der Waals surface area contributed by atoms with Gasteiger partial charge in [0.15, 0.2) is 0 Å². The highest BCUT2D eigenvalue weighted by Crippen LogP contribution is 2.23. The van der Waals surface area contributed by atoms with Gasteiger partial charge in [-0.05, 0) is 51.3 Å². The van der Waals surface area contributed by atoms with Crippen molar-refractivity contribution in [3.8, 4) is 0 Å². The number of urea groups is 1. The van der Waals surface area contributed by atoms with Crippen LogP contribution < -0.4 is 5.32 Å². The lowest BCUT2D eigenvalue weighted by atomic mass is 9.93. The van der Waals surface area contributed by atoms with Crippen molar-refractivity contribution in [1.82, 2.24) is 25.0 Å². The molecule has 0 fully saturated rings. The van der Waals surface area contributed by atoms with Crippen molar-refractivity contribution in [2.45, 2.75) is 58.7 Å². The number of carbonyl (C=O) groups is 1. The number of carbonyl (C=O) groups excluding carboxylic acids is 1. The maximum atomic E-state index is 12.7. The molecule has 0 radical (unpaired) electrons. The number of nitrogens with one attached hydrogen (secondary N) is 1. The molecule has 0 saturated heterocycles. The van der Waals surface area contributed by atoms with E-state index in [1.54, 1.807) is 11.1 Å². The maximum Gasteiger partial charge on any atom is 0.317 e. The molecule has 25 heavy (non-hydrogen) atoms. The first kappa shape index (κ1) is 17.5. The normalized spacial score (nSPS) is 16.6. The Hall–Kier alpha value is -2.37. The van der Waals surface area contributed by atoms with E-state index in [-0.39, 0.29) is 12.1 Å². The molecule has 3 rings (SSSR count). The Kier molecular flexibility index (Phi) is 5.36. The monoisotopic (exact) mass is 341 g/mol. The molecule has 1 aliphatic rings. The number of hydrogen-bond acceptors (Lipinski definition) is 3. The van der Waals surface area contributed by atoms with Gasteiger partial charge in [0.1, 0.15) is 0 Å². The fraction of sp³-hybridized carbons (Fsp3) is 0.526. The number of fused-ring (bicyclic) bond motifs is 1. The van der Waals surface area contributed by atoms with Crippen molar-refractivity contribution < 1.29 is 4.79 Å². The largest absolute Gasteiger partial charge is 0.335 e. The third kappa shape index (κ3) is 4.00. The van der Waals surface area contributed by atoms with Crippen LogP contribution in [0.3, 0.4) is 0 Å². The fourth-order valence-corrected chi connectivity index (χ4v) is 3.37. The van der Waals surface area contributed by atoms with Gasteiger partial charge in [0, 0.05) is 36.9 Å². The van der Waals surface area contributed by atoms with Crippen LogP contribution in [-0.4, -0.2) is 38.3 Å². The molecule has 0 saturated carbocycles. The zero-order valence-corrected chi connectivity index (χ0v) is 15.3. The first-order valence-electron chi connectivity index (χ1n) is 9.09. The summed E-state index contributed by atoms with van der Waals surface area (Å²) in [5.74, 6) is 0. The highest BCUT2D eigenvalue weighted by atomic mass is 16.2. The third-order valence-electron chi connectivity index (χ3n) is 4.75. The smallest absolute Gasteiger partial charge is 0.317 e. The summed E-state index contributed by atoms with van der Waals surface area (Å²) in [7, 11) is 0. The minimum Gasteiger partial charge on any atom is -0.335 e. The van der Waals surface area contributed by atoms with Gasteiger partial charge < -0.3 is 10.2 Å². The lowest BCUT2D eigenvalue weighted by Crippen LogP contribution is -2.46. The first-order chi connectivity index (χ1) is 12.1. The highest BCUT2D eigenvalue weighted by Gasteiger charge is 2.26. The van der Waals surface area contributed by atoms with E-state index < -0.39 is 0 Å². The summed E-state index contributed by atoms with van der Waals surface area (Å²) in [6.07, 6.45) is 6.52. The average Bonchev–Trinajstić information content (AvgIpc) is 3.04. The molecule has 0 spiro atoms. The predicted octanol–water partition coefficient (Wildman–Crippen LogP) is 2.95. The van der Waals surface area contributed by atoms with E-state index in [1.165, 1.54) is 11.3 Å². The number of pyridine rings is 1. The summed E-state index contributed by atoms with van der Waals surface area (Å²) in [4.78, 5) is 18.8. The van der Waals surface area contributed by atoms with E-state index in [4.69, 9.17) is 0 Å². The summed E-state index contributed by atoms with van der Waals surface area (Å²) < 4.78 is 2.08. The van der Waals surface area contributed by atoms with Crippen molar-refractivity contribution >= 4 is 6.03 Å². The van der Waals surface area contributed by atoms with Crippen LogP contribution in [0.1, 0.15) is 50.2 Å². The van der Waals surface area contributed by atoms with Crippen LogP contribution in [0.4, 0.5) is 4.79 Å². The highest BCUT2D eigenvalue weighted by molar-refractivity contribution is 5.74. The Labute approximate surface area is 149 Å². The second kappa shape index (κ2) is 7.68. The van der Waals surface area contributed by atoms with Crippen LogP contribution >= 0.6 is 0 Å². The van der Waals surface area contributed by atoms with Gasteiger partial charge in [-0.25, -0.2) is 4.79 Å². The number of rotatable bonds is 5. The Morgan fingerprint density at radius 1 is 1.44 bits per heavy atom. The fourth-order valence-electron chi connectivity index (χ4n) is 3.37. The molecule has 0 bridgehead atoms. The van der Waals surface area contributed by atoms with Crippen LogP contribution in [0, 0.1) is 0 Å². The summed E-state index contributed by atoms with van der Waals surface area (Å²) >= 11 is 0. The maximum absolute atomic E-state index is 12.7. The number of nitrogens with zero attached hydrogens (tertiary/aromatic N) is 4. The molecule has 6 heteroatoms.